The van der Waals surface area contributed by atoms with Crippen molar-refractivity contribution in [3.63, 3.8) is 0 Å². The summed E-state index contributed by atoms with van der Waals surface area (Å²) in [4.78, 5) is 23.7. The molecule has 0 aromatic heterocycles. The van der Waals surface area contributed by atoms with Gasteiger partial charge in [0.2, 0.25) is 21.7 Å². The molecule has 2 rings (SSSR count). The van der Waals surface area contributed by atoms with Crippen LogP contribution in [0.15, 0.2) is 40.8 Å². The highest BCUT2D eigenvalue weighted by Gasteiger charge is 2.27. The summed E-state index contributed by atoms with van der Waals surface area (Å²) in [5.41, 5.74) is 0.952. The van der Waals surface area contributed by atoms with E-state index >= 15 is 0 Å². The van der Waals surface area contributed by atoms with E-state index in [-0.39, 0.29) is 29.6 Å². The molecule has 0 aliphatic carbocycles. The van der Waals surface area contributed by atoms with Crippen molar-refractivity contribution in [3.8, 4) is 0 Å². The average Bonchev–Trinajstić information content (AvgIpc) is 2.67. The number of carbonyl (C=O) groups is 2. The van der Waals surface area contributed by atoms with Gasteiger partial charge >= 0.3 is 0 Å². The van der Waals surface area contributed by atoms with Crippen LogP contribution in [0.4, 0.5) is 0 Å². The zero-order valence-corrected chi connectivity index (χ0v) is 11.2. The quantitative estimate of drug-likeness (QED) is 0.784. The van der Waals surface area contributed by atoms with Crippen molar-refractivity contribution < 1.29 is 18.0 Å². The molecule has 1 saturated heterocycles. The molecule has 1 aromatic carbocycles. The lowest BCUT2D eigenvalue weighted by Crippen LogP contribution is -2.22. The number of amides is 2. The molecule has 5 nitrogen and oxygen atoms in total. The molecule has 0 atom stereocenters. The van der Waals surface area contributed by atoms with Crippen LogP contribution in [0, 0.1) is 6.92 Å². The summed E-state index contributed by atoms with van der Waals surface area (Å²) < 4.78 is 24.0. The first-order valence-electron chi connectivity index (χ1n) is 5.75. The van der Waals surface area contributed by atoms with Gasteiger partial charge < -0.3 is 0 Å². The molecule has 2 amide bonds. The van der Waals surface area contributed by atoms with Gasteiger partial charge in [0.1, 0.15) is 0 Å². The van der Waals surface area contributed by atoms with Crippen LogP contribution < -0.4 is 0 Å². The number of benzene rings is 1. The maximum Gasteiger partial charge on any atom is 0.233 e. The van der Waals surface area contributed by atoms with Gasteiger partial charge in [-0.25, -0.2) is 8.42 Å². The third-order valence-corrected chi connectivity index (χ3v) is 4.24. The fourth-order valence-corrected chi connectivity index (χ4v) is 2.66. The molecule has 1 aromatic rings. The van der Waals surface area contributed by atoms with Crippen LogP contribution in [0.2, 0.25) is 0 Å². The first kappa shape index (κ1) is 13.5. The number of carbonyl (C=O) groups excluding carboxylic acids is 2. The summed E-state index contributed by atoms with van der Waals surface area (Å²) in [6, 6.07) is 6.35. The zero-order chi connectivity index (χ0) is 14.0. The number of hydrogen-bond acceptors (Lipinski definition) is 4. The van der Waals surface area contributed by atoms with E-state index in [4.69, 9.17) is 0 Å². The van der Waals surface area contributed by atoms with Crippen LogP contribution in [-0.4, -0.2) is 25.1 Å². The number of imide groups is 1. The Morgan fingerprint density at radius 3 is 2.11 bits per heavy atom. The highest BCUT2D eigenvalue weighted by atomic mass is 32.2. The van der Waals surface area contributed by atoms with Crippen molar-refractivity contribution in [3.05, 3.63) is 41.4 Å². The van der Waals surface area contributed by atoms with Crippen molar-refractivity contribution in [2.75, 3.05) is 0 Å². The Morgan fingerprint density at radius 2 is 1.58 bits per heavy atom. The predicted molar refractivity (Wildman–Crippen MR) is 68.6 cm³/mol. The van der Waals surface area contributed by atoms with Gasteiger partial charge in [0.25, 0.3) is 0 Å². The van der Waals surface area contributed by atoms with Crippen LogP contribution in [-0.2, 0) is 19.4 Å². The minimum absolute atomic E-state index is 0.133. The lowest BCUT2D eigenvalue weighted by atomic mass is 10.2. The second kappa shape index (κ2) is 4.97. The van der Waals surface area contributed by atoms with Crippen LogP contribution in [0.25, 0.3) is 0 Å². The second-order valence-corrected chi connectivity index (χ2v) is 6.13. The van der Waals surface area contributed by atoms with Gasteiger partial charge in [-0.15, -0.1) is 0 Å². The van der Waals surface area contributed by atoms with Crippen molar-refractivity contribution in [2.45, 2.75) is 24.7 Å². The van der Waals surface area contributed by atoms with Gasteiger partial charge in [-0.2, -0.15) is 0 Å². The Hall–Kier alpha value is -1.95. The van der Waals surface area contributed by atoms with Gasteiger partial charge in [0.15, 0.2) is 0 Å². The molecule has 100 valence electrons. The maximum atomic E-state index is 12.0. The van der Waals surface area contributed by atoms with E-state index in [0.29, 0.717) is 0 Å². The highest BCUT2D eigenvalue weighted by Crippen LogP contribution is 2.16. The molecule has 0 bridgehead atoms. The van der Waals surface area contributed by atoms with Crippen LogP contribution in [0.5, 0.6) is 0 Å². The first-order valence-corrected chi connectivity index (χ1v) is 7.29. The summed E-state index contributed by atoms with van der Waals surface area (Å²) in [5, 5.41) is 0.888. The molecule has 19 heavy (non-hydrogen) atoms. The topological polar surface area (TPSA) is 71.5 Å². The smallest absolute Gasteiger partial charge is 0.233 e. The lowest BCUT2D eigenvalue weighted by molar-refractivity contribution is -0.135. The maximum absolute atomic E-state index is 12.0. The van der Waals surface area contributed by atoms with E-state index in [1.165, 1.54) is 12.1 Å². The van der Waals surface area contributed by atoms with Gasteiger partial charge in [0, 0.05) is 19.0 Å². The van der Waals surface area contributed by atoms with Crippen molar-refractivity contribution >= 4 is 21.7 Å². The minimum atomic E-state index is -3.64. The summed E-state index contributed by atoms with van der Waals surface area (Å²) in [5.74, 6) is -0.749. The Bertz CT molecular complexity index is 628. The number of hydrogen-bond donors (Lipinski definition) is 0. The van der Waals surface area contributed by atoms with Crippen LogP contribution in [0.1, 0.15) is 18.4 Å². The van der Waals surface area contributed by atoms with E-state index in [0.717, 1.165) is 22.1 Å². The summed E-state index contributed by atoms with van der Waals surface area (Å²) in [6.45, 7) is 1.85. The highest BCUT2D eigenvalue weighted by molar-refractivity contribution is 7.94. The Balaban J connectivity index is 2.24. The molecular formula is C13H13NO4S. The Labute approximate surface area is 111 Å². The Morgan fingerprint density at radius 1 is 1.05 bits per heavy atom. The van der Waals surface area contributed by atoms with E-state index in [2.05, 4.69) is 0 Å². The van der Waals surface area contributed by atoms with E-state index in [1.54, 1.807) is 12.1 Å². The molecule has 0 radical (unpaired) electrons. The van der Waals surface area contributed by atoms with Crippen LogP contribution in [0.3, 0.4) is 0 Å². The van der Waals surface area contributed by atoms with E-state index < -0.39 is 9.84 Å². The lowest BCUT2D eigenvalue weighted by Gasteiger charge is -2.06. The largest absolute Gasteiger partial charge is 0.274 e. The number of sulfone groups is 1. The number of nitrogens with zero attached hydrogens (tertiary/aromatic N) is 1. The SMILES string of the molecule is Cc1ccc(S(=O)(=O)/C=C\N2C(=O)CCC2=O)cc1. The summed E-state index contributed by atoms with van der Waals surface area (Å²) in [7, 11) is -3.64. The minimum Gasteiger partial charge on any atom is -0.274 e. The predicted octanol–water partition coefficient (Wildman–Crippen LogP) is 1.39. The van der Waals surface area contributed by atoms with Gasteiger partial charge in [0.05, 0.1) is 10.3 Å². The van der Waals surface area contributed by atoms with Crippen molar-refractivity contribution in [2.24, 2.45) is 0 Å². The van der Waals surface area contributed by atoms with Gasteiger partial charge in [-0.1, -0.05) is 17.7 Å². The fraction of sp³-hybridized carbons (Fsp3) is 0.231. The molecule has 0 unspecified atom stereocenters. The fourth-order valence-electron chi connectivity index (χ4n) is 1.71. The molecule has 0 saturated carbocycles. The molecule has 1 aliphatic rings. The van der Waals surface area contributed by atoms with E-state index in [1.807, 2.05) is 6.92 Å². The second-order valence-electron chi connectivity index (χ2n) is 4.30. The molecule has 0 N–H and O–H groups in total. The zero-order valence-electron chi connectivity index (χ0n) is 10.4. The first-order chi connectivity index (χ1) is 8.90. The third kappa shape index (κ3) is 2.90. The number of likely N-dealkylation sites (tertiary alicyclic amines) is 1. The summed E-state index contributed by atoms with van der Waals surface area (Å²) in [6.07, 6.45) is 1.30. The monoisotopic (exact) mass is 279 g/mol. The molecule has 6 heteroatoms. The number of aryl methyl sites for hydroxylation is 1. The normalized spacial score (nSPS) is 16.6. The molecular weight excluding hydrogens is 266 g/mol. The standard InChI is InChI=1S/C13H13NO4S/c1-10-2-4-11(5-3-10)19(17,18)9-8-14-12(15)6-7-13(14)16/h2-5,8-9H,6-7H2,1H3/b9-8-. The summed E-state index contributed by atoms with van der Waals surface area (Å²) >= 11 is 0. The van der Waals surface area contributed by atoms with Crippen LogP contribution >= 0.6 is 0 Å². The molecule has 1 aliphatic heterocycles. The number of rotatable bonds is 3. The third-order valence-electron chi connectivity index (χ3n) is 2.83. The molecule has 1 fully saturated rings. The molecule has 0 spiro atoms. The van der Waals surface area contributed by atoms with E-state index in [9.17, 15) is 18.0 Å². The van der Waals surface area contributed by atoms with Crippen molar-refractivity contribution in [1.29, 1.82) is 0 Å². The van der Waals surface area contributed by atoms with Crippen molar-refractivity contribution in [1.82, 2.24) is 4.90 Å². The van der Waals surface area contributed by atoms with Gasteiger partial charge in [-0.05, 0) is 19.1 Å². The van der Waals surface area contributed by atoms with Gasteiger partial charge in [-0.3, -0.25) is 14.5 Å². The molecule has 1 heterocycles. The Kier molecular flexibility index (Phi) is 3.53. The average molecular weight is 279 g/mol.